The van der Waals surface area contributed by atoms with Gasteiger partial charge in [-0.2, -0.15) is 0 Å². The summed E-state index contributed by atoms with van der Waals surface area (Å²) in [6, 6.07) is 5.93. The molecule has 116 valence electrons. The highest BCUT2D eigenvalue weighted by Crippen LogP contribution is 2.17. The monoisotopic (exact) mass is 294 g/mol. The van der Waals surface area contributed by atoms with Crippen LogP contribution in [0.3, 0.4) is 0 Å². The van der Waals surface area contributed by atoms with Crippen LogP contribution in [-0.2, 0) is 4.79 Å². The molecule has 1 aliphatic rings. The van der Waals surface area contributed by atoms with Gasteiger partial charge in [-0.25, -0.2) is 4.39 Å². The number of nitrogens with zero attached hydrogens (tertiary/aromatic N) is 1. The van der Waals surface area contributed by atoms with Gasteiger partial charge in [0.25, 0.3) is 0 Å². The lowest BCUT2D eigenvalue weighted by atomic mass is 10.1. The highest BCUT2D eigenvalue weighted by molar-refractivity contribution is 5.76. The molecular formula is C16H23FN2O2. The summed E-state index contributed by atoms with van der Waals surface area (Å²) < 4.78 is 18.2. The number of hydrogen-bond acceptors (Lipinski definition) is 3. The molecule has 1 N–H and O–H groups in total. The second-order valence-corrected chi connectivity index (χ2v) is 5.46. The van der Waals surface area contributed by atoms with Crippen LogP contribution in [0.5, 0.6) is 5.75 Å². The van der Waals surface area contributed by atoms with Gasteiger partial charge in [0.1, 0.15) is 11.6 Å². The molecule has 0 aliphatic carbocycles. The quantitative estimate of drug-likeness (QED) is 0.783. The molecular weight excluding hydrogens is 271 g/mol. The second-order valence-electron chi connectivity index (χ2n) is 5.46. The molecule has 1 heterocycles. The number of likely N-dealkylation sites (tertiary alicyclic amines) is 1. The van der Waals surface area contributed by atoms with Gasteiger partial charge in [-0.15, -0.1) is 0 Å². The minimum absolute atomic E-state index is 0.205. The Hall–Kier alpha value is -1.62. The smallest absolute Gasteiger partial charge is 0.222 e. The van der Waals surface area contributed by atoms with Gasteiger partial charge < -0.3 is 15.0 Å². The Bertz CT molecular complexity index is 450. The largest absolute Gasteiger partial charge is 0.494 e. The molecule has 1 aliphatic heterocycles. The Labute approximate surface area is 125 Å². The van der Waals surface area contributed by atoms with Gasteiger partial charge in [0.15, 0.2) is 0 Å². The SMILES string of the molecule is CNCC1CCN(C(=O)CCCOc2ccc(F)cc2)C1. The Kier molecular flexibility index (Phi) is 5.99. The fourth-order valence-corrected chi connectivity index (χ4v) is 2.62. The van der Waals surface area contributed by atoms with Crippen LogP contribution in [0.1, 0.15) is 19.3 Å². The molecule has 1 aromatic carbocycles. The van der Waals surface area contributed by atoms with E-state index in [1.165, 1.54) is 12.1 Å². The van der Waals surface area contributed by atoms with Crippen LogP contribution in [0.15, 0.2) is 24.3 Å². The minimum Gasteiger partial charge on any atom is -0.494 e. The molecule has 5 heteroatoms. The Morgan fingerprint density at radius 3 is 2.90 bits per heavy atom. The second kappa shape index (κ2) is 7.98. The summed E-state index contributed by atoms with van der Waals surface area (Å²) in [6.45, 7) is 3.17. The molecule has 0 saturated carbocycles. The van der Waals surface area contributed by atoms with Crippen molar-refractivity contribution >= 4 is 5.91 Å². The van der Waals surface area contributed by atoms with E-state index in [1.807, 2.05) is 11.9 Å². The van der Waals surface area contributed by atoms with Crippen LogP contribution in [0.25, 0.3) is 0 Å². The lowest BCUT2D eigenvalue weighted by molar-refractivity contribution is -0.130. The number of nitrogens with one attached hydrogen (secondary N) is 1. The molecule has 0 spiro atoms. The third kappa shape index (κ3) is 5.01. The summed E-state index contributed by atoms with van der Waals surface area (Å²) in [6.07, 6.45) is 2.27. The van der Waals surface area contributed by atoms with E-state index in [0.717, 1.165) is 26.1 Å². The molecule has 1 fully saturated rings. The number of rotatable bonds is 7. The zero-order valence-corrected chi connectivity index (χ0v) is 12.5. The van der Waals surface area contributed by atoms with Crippen molar-refractivity contribution in [3.63, 3.8) is 0 Å². The van der Waals surface area contributed by atoms with Gasteiger partial charge in [-0.3, -0.25) is 4.79 Å². The highest BCUT2D eigenvalue weighted by atomic mass is 19.1. The normalized spacial score (nSPS) is 18.0. The third-order valence-electron chi connectivity index (χ3n) is 3.75. The van der Waals surface area contributed by atoms with Gasteiger partial charge in [0.05, 0.1) is 6.61 Å². The molecule has 0 aromatic heterocycles. The number of benzene rings is 1. The molecule has 1 aromatic rings. The maximum atomic E-state index is 12.7. The fraction of sp³-hybridized carbons (Fsp3) is 0.562. The first-order valence-corrected chi connectivity index (χ1v) is 7.50. The van der Waals surface area contributed by atoms with Gasteiger partial charge >= 0.3 is 0 Å². The van der Waals surface area contributed by atoms with Gasteiger partial charge in [0, 0.05) is 19.5 Å². The molecule has 4 nitrogen and oxygen atoms in total. The maximum Gasteiger partial charge on any atom is 0.222 e. The average Bonchev–Trinajstić information content (AvgIpc) is 2.94. The molecule has 21 heavy (non-hydrogen) atoms. The van der Waals surface area contributed by atoms with Crippen molar-refractivity contribution in [3.05, 3.63) is 30.1 Å². The van der Waals surface area contributed by atoms with Gasteiger partial charge in [-0.1, -0.05) is 0 Å². The van der Waals surface area contributed by atoms with E-state index in [1.54, 1.807) is 12.1 Å². The molecule has 1 atom stereocenters. The lowest BCUT2D eigenvalue weighted by Crippen LogP contribution is -2.30. The summed E-state index contributed by atoms with van der Waals surface area (Å²) in [5, 5.41) is 3.16. The van der Waals surface area contributed by atoms with Crippen LogP contribution in [-0.4, -0.2) is 44.1 Å². The summed E-state index contributed by atoms with van der Waals surface area (Å²) in [5.74, 6) is 1.15. The Morgan fingerprint density at radius 1 is 1.43 bits per heavy atom. The van der Waals surface area contributed by atoms with Crippen molar-refractivity contribution in [2.24, 2.45) is 5.92 Å². The van der Waals surface area contributed by atoms with E-state index in [2.05, 4.69) is 5.32 Å². The summed E-state index contributed by atoms with van der Waals surface area (Å²) in [5.41, 5.74) is 0. The molecule has 0 radical (unpaired) electrons. The standard InChI is InChI=1S/C16H23FN2O2/c1-18-11-13-8-9-19(12-13)16(20)3-2-10-21-15-6-4-14(17)5-7-15/h4-7,13,18H,2-3,8-12H2,1H3. The van der Waals surface area contributed by atoms with Gasteiger partial charge in [0.2, 0.25) is 5.91 Å². The van der Waals surface area contributed by atoms with E-state index in [9.17, 15) is 9.18 Å². The predicted molar refractivity (Wildman–Crippen MR) is 79.7 cm³/mol. The average molecular weight is 294 g/mol. The molecule has 2 rings (SSSR count). The molecule has 0 bridgehead atoms. The number of amides is 1. The van der Waals surface area contributed by atoms with Crippen LogP contribution >= 0.6 is 0 Å². The molecule has 1 amide bonds. The van der Waals surface area contributed by atoms with Gasteiger partial charge in [-0.05, 0) is 56.6 Å². The zero-order chi connectivity index (χ0) is 15.1. The number of hydrogen-bond donors (Lipinski definition) is 1. The fourth-order valence-electron chi connectivity index (χ4n) is 2.62. The van der Waals surface area contributed by atoms with E-state index in [-0.39, 0.29) is 11.7 Å². The summed E-state index contributed by atoms with van der Waals surface area (Å²) in [4.78, 5) is 14.0. The van der Waals surface area contributed by atoms with Crippen LogP contribution in [0.2, 0.25) is 0 Å². The van der Waals surface area contributed by atoms with Crippen LogP contribution in [0, 0.1) is 11.7 Å². The topological polar surface area (TPSA) is 41.6 Å². The Morgan fingerprint density at radius 2 is 2.19 bits per heavy atom. The van der Waals surface area contributed by atoms with Crippen molar-refractivity contribution in [3.8, 4) is 5.75 Å². The van der Waals surface area contributed by atoms with E-state index < -0.39 is 0 Å². The first-order chi connectivity index (χ1) is 10.2. The first kappa shape index (κ1) is 15.8. The maximum absolute atomic E-state index is 12.7. The van der Waals surface area contributed by atoms with Crippen LogP contribution in [0.4, 0.5) is 4.39 Å². The third-order valence-corrected chi connectivity index (χ3v) is 3.75. The van der Waals surface area contributed by atoms with Crippen molar-refractivity contribution < 1.29 is 13.9 Å². The molecule has 1 unspecified atom stereocenters. The van der Waals surface area contributed by atoms with Crippen molar-refractivity contribution in [2.45, 2.75) is 19.3 Å². The highest BCUT2D eigenvalue weighted by Gasteiger charge is 2.25. The summed E-state index contributed by atoms with van der Waals surface area (Å²) >= 11 is 0. The minimum atomic E-state index is -0.275. The number of halogens is 1. The van der Waals surface area contributed by atoms with Crippen molar-refractivity contribution in [1.82, 2.24) is 10.2 Å². The zero-order valence-electron chi connectivity index (χ0n) is 12.5. The number of ether oxygens (including phenoxy) is 1. The van der Waals surface area contributed by atoms with E-state index in [0.29, 0.717) is 31.1 Å². The van der Waals surface area contributed by atoms with Crippen LogP contribution < -0.4 is 10.1 Å². The van der Waals surface area contributed by atoms with E-state index in [4.69, 9.17) is 4.74 Å². The van der Waals surface area contributed by atoms with Crippen molar-refractivity contribution in [2.75, 3.05) is 33.3 Å². The van der Waals surface area contributed by atoms with E-state index >= 15 is 0 Å². The summed E-state index contributed by atoms with van der Waals surface area (Å²) in [7, 11) is 1.94. The van der Waals surface area contributed by atoms with Crippen molar-refractivity contribution in [1.29, 1.82) is 0 Å². The number of carbonyl (C=O) groups excluding carboxylic acids is 1. The molecule has 1 saturated heterocycles. The first-order valence-electron chi connectivity index (χ1n) is 7.50. The predicted octanol–water partition coefficient (Wildman–Crippen LogP) is 2.05. The Balaban J connectivity index is 1.62. The lowest BCUT2D eigenvalue weighted by Gasteiger charge is -2.16. The number of carbonyl (C=O) groups is 1.